The third-order valence-electron chi connectivity index (χ3n) is 4.60. The molecule has 114 valence electrons. The number of carbonyl (C=O) groups excluding carboxylic acids is 1. The number of nitrogens with one attached hydrogen (secondary N) is 1. The Bertz CT molecular complexity index is 545. The largest absolute Gasteiger partial charge is 0.469 e. The monoisotopic (exact) mass is 289 g/mol. The molecule has 21 heavy (non-hydrogen) atoms. The quantitative estimate of drug-likeness (QED) is 0.866. The zero-order valence-electron chi connectivity index (χ0n) is 12.8. The number of methoxy groups -OCH3 is 1. The molecular weight excluding hydrogens is 266 g/mol. The Morgan fingerprint density at radius 2 is 2.05 bits per heavy atom. The first-order valence-corrected chi connectivity index (χ1v) is 7.88. The van der Waals surface area contributed by atoms with E-state index in [4.69, 9.17) is 4.74 Å². The van der Waals surface area contributed by atoms with Gasteiger partial charge in [-0.1, -0.05) is 0 Å². The number of aryl methyl sites for hydroxylation is 2. The summed E-state index contributed by atoms with van der Waals surface area (Å²) in [6.07, 6.45) is 7.28. The van der Waals surface area contributed by atoms with Gasteiger partial charge in [0.1, 0.15) is 11.6 Å². The lowest BCUT2D eigenvalue weighted by Gasteiger charge is -2.21. The highest BCUT2D eigenvalue weighted by Crippen LogP contribution is 2.31. The minimum atomic E-state index is -0.0832. The first-order valence-electron chi connectivity index (χ1n) is 7.88. The first kappa shape index (κ1) is 14.3. The fraction of sp³-hybridized carbons (Fsp3) is 0.688. The Balaban J connectivity index is 1.74. The highest BCUT2D eigenvalue weighted by molar-refractivity contribution is 5.72. The molecule has 0 spiro atoms. The molecule has 1 fully saturated rings. The minimum Gasteiger partial charge on any atom is -0.469 e. The van der Waals surface area contributed by atoms with Crippen molar-refractivity contribution < 1.29 is 9.53 Å². The molecule has 3 rings (SSSR count). The standard InChI is InChI=1S/C16H23N3O2/c1-10-17-14-6-4-3-5-13(14)15(18-10)19-12-8-7-11(9-12)16(20)21-2/h11-12H,3-9H2,1-2H3,(H,17,18,19)/t11-,12+/m0/s1. The average molecular weight is 289 g/mol. The zero-order chi connectivity index (χ0) is 14.8. The molecule has 0 aliphatic heterocycles. The number of ether oxygens (including phenoxy) is 1. The predicted molar refractivity (Wildman–Crippen MR) is 80.2 cm³/mol. The Labute approximate surface area is 125 Å². The van der Waals surface area contributed by atoms with E-state index in [2.05, 4.69) is 15.3 Å². The van der Waals surface area contributed by atoms with Crippen LogP contribution in [0.3, 0.4) is 0 Å². The van der Waals surface area contributed by atoms with Gasteiger partial charge in [0.05, 0.1) is 13.0 Å². The van der Waals surface area contributed by atoms with Crippen LogP contribution in [0.1, 0.15) is 49.2 Å². The van der Waals surface area contributed by atoms with Crippen LogP contribution in [0.25, 0.3) is 0 Å². The fourth-order valence-electron chi connectivity index (χ4n) is 3.52. The lowest BCUT2D eigenvalue weighted by atomic mass is 9.96. The summed E-state index contributed by atoms with van der Waals surface area (Å²) in [7, 11) is 1.47. The van der Waals surface area contributed by atoms with Crippen molar-refractivity contribution in [3.8, 4) is 0 Å². The molecule has 2 aliphatic carbocycles. The summed E-state index contributed by atoms with van der Waals surface area (Å²) >= 11 is 0. The Hall–Kier alpha value is -1.65. The molecule has 1 saturated carbocycles. The normalized spacial score (nSPS) is 24.5. The fourth-order valence-corrected chi connectivity index (χ4v) is 3.52. The Morgan fingerprint density at radius 1 is 1.24 bits per heavy atom. The zero-order valence-corrected chi connectivity index (χ0v) is 12.8. The summed E-state index contributed by atoms with van der Waals surface area (Å²) in [5.41, 5.74) is 2.49. The van der Waals surface area contributed by atoms with Crippen LogP contribution >= 0.6 is 0 Å². The molecule has 0 amide bonds. The lowest BCUT2D eigenvalue weighted by Crippen LogP contribution is -2.22. The van der Waals surface area contributed by atoms with Crippen LogP contribution in [-0.4, -0.2) is 29.1 Å². The van der Waals surface area contributed by atoms with Crippen LogP contribution < -0.4 is 5.32 Å². The van der Waals surface area contributed by atoms with E-state index in [0.29, 0.717) is 6.04 Å². The molecule has 5 heteroatoms. The average Bonchev–Trinajstić information content (AvgIpc) is 2.95. The van der Waals surface area contributed by atoms with Crippen molar-refractivity contribution in [1.29, 1.82) is 0 Å². The Morgan fingerprint density at radius 3 is 2.86 bits per heavy atom. The van der Waals surface area contributed by atoms with Gasteiger partial charge in [-0.2, -0.15) is 0 Å². The number of nitrogens with zero attached hydrogens (tertiary/aromatic N) is 2. The molecular formula is C16H23N3O2. The van der Waals surface area contributed by atoms with Gasteiger partial charge in [-0.25, -0.2) is 9.97 Å². The summed E-state index contributed by atoms with van der Waals surface area (Å²) in [6, 6.07) is 0.314. The molecule has 1 N–H and O–H groups in total. The number of hydrogen-bond acceptors (Lipinski definition) is 5. The molecule has 0 aromatic carbocycles. The summed E-state index contributed by atoms with van der Waals surface area (Å²) in [6.45, 7) is 1.95. The van der Waals surface area contributed by atoms with Crippen molar-refractivity contribution >= 4 is 11.8 Å². The van der Waals surface area contributed by atoms with Gasteiger partial charge in [-0.15, -0.1) is 0 Å². The number of rotatable bonds is 3. The number of carbonyl (C=O) groups is 1. The molecule has 0 unspecified atom stereocenters. The van der Waals surface area contributed by atoms with E-state index in [1.54, 1.807) is 0 Å². The molecule has 1 aromatic rings. The van der Waals surface area contributed by atoms with Crippen LogP contribution in [0.15, 0.2) is 0 Å². The maximum atomic E-state index is 11.6. The van der Waals surface area contributed by atoms with Crippen molar-refractivity contribution in [1.82, 2.24) is 9.97 Å². The van der Waals surface area contributed by atoms with E-state index < -0.39 is 0 Å². The second kappa shape index (κ2) is 6.00. The number of aromatic nitrogens is 2. The van der Waals surface area contributed by atoms with Gasteiger partial charge in [0.2, 0.25) is 0 Å². The molecule has 2 atom stereocenters. The molecule has 0 saturated heterocycles. The van der Waals surface area contributed by atoms with Crippen molar-refractivity contribution in [2.75, 3.05) is 12.4 Å². The van der Waals surface area contributed by atoms with Gasteiger partial charge in [0.25, 0.3) is 0 Å². The molecule has 0 bridgehead atoms. The molecule has 0 radical (unpaired) electrons. The van der Waals surface area contributed by atoms with Crippen molar-refractivity contribution in [2.45, 2.75) is 57.9 Å². The predicted octanol–water partition coefficient (Wildman–Crippen LogP) is 2.42. The third kappa shape index (κ3) is 3.01. The number of fused-ring (bicyclic) bond motifs is 1. The van der Waals surface area contributed by atoms with Crippen molar-refractivity contribution in [3.63, 3.8) is 0 Å². The Kier molecular flexibility index (Phi) is 4.08. The van der Waals surface area contributed by atoms with Crippen LogP contribution in [-0.2, 0) is 22.4 Å². The van der Waals surface area contributed by atoms with Gasteiger partial charge in [-0.3, -0.25) is 4.79 Å². The maximum Gasteiger partial charge on any atom is 0.308 e. The highest BCUT2D eigenvalue weighted by atomic mass is 16.5. The van der Waals surface area contributed by atoms with Crippen LogP contribution in [0, 0.1) is 12.8 Å². The van der Waals surface area contributed by atoms with E-state index >= 15 is 0 Å². The lowest BCUT2D eigenvalue weighted by molar-refractivity contribution is -0.145. The maximum absolute atomic E-state index is 11.6. The number of hydrogen-bond donors (Lipinski definition) is 1. The topological polar surface area (TPSA) is 64.1 Å². The van der Waals surface area contributed by atoms with Crippen molar-refractivity contribution in [2.24, 2.45) is 5.92 Å². The third-order valence-corrected chi connectivity index (χ3v) is 4.60. The molecule has 5 nitrogen and oxygen atoms in total. The van der Waals surface area contributed by atoms with E-state index in [0.717, 1.165) is 43.7 Å². The summed E-state index contributed by atoms with van der Waals surface area (Å²) in [4.78, 5) is 20.8. The van der Waals surface area contributed by atoms with Crippen LogP contribution in [0.2, 0.25) is 0 Å². The van der Waals surface area contributed by atoms with Crippen LogP contribution in [0.4, 0.5) is 5.82 Å². The van der Waals surface area contributed by atoms with Gasteiger partial charge in [0.15, 0.2) is 0 Å². The summed E-state index contributed by atoms with van der Waals surface area (Å²) in [5.74, 6) is 1.78. The van der Waals surface area contributed by atoms with Crippen LogP contribution in [0.5, 0.6) is 0 Å². The van der Waals surface area contributed by atoms with Gasteiger partial charge in [-0.05, 0) is 51.9 Å². The van der Waals surface area contributed by atoms with E-state index in [9.17, 15) is 4.79 Å². The molecule has 1 heterocycles. The van der Waals surface area contributed by atoms with E-state index in [-0.39, 0.29) is 11.9 Å². The van der Waals surface area contributed by atoms with Gasteiger partial charge >= 0.3 is 5.97 Å². The van der Waals surface area contributed by atoms with Crippen molar-refractivity contribution in [3.05, 3.63) is 17.1 Å². The minimum absolute atomic E-state index is 0.0336. The number of anilines is 1. The second-order valence-electron chi connectivity index (χ2n) is 6.13. The van der Waals surface area contributed by atoms with Gasteiger partial charge in [0, 0.05) is 17.3 Å². The van der Waals surface area contributed by atoms with Gasteiger partial charge < -0.3 is 10.1 Å². The first-order chi connectivity index (χ1) is 10.2. The smallest absolute Gasteiger partial charge is 0.308 e. The number of esters is 1. The summed E-state index contributed by atoms with van der Waals surface area (Å²) < 4.78 is 4.85. The second-order valence-corrected chi connectivity index (χ2v) is 6.13. The molecule has 2 aliphatic rings. The van der Waals surface area contributed by atoms with E-state index in [1.165, 1.54) is 31.2 Å². The summed E-state index contributed by atoms with van der Waals surface area (Å²) in [5, 5.41) is 3.56. The molecule has 1 aromatic heterocycles. The van der Waals surface area contributed by atoms with E-state index in [1.807, 2.05) is 6.92 Å². The highest BCUT2D eigenvalue weighted by Gasteiger charge is 2.31. The SMILES string of the molecule is COC(=O)[C@H]1CC[C@@H](Nc2nc(C)nc3c2CCCC3)C1.